The quantitative estimate of drug-likeness (QED) is 0.692. The second-order valence-electron chi connectivity index (χ2n) is 5.86. The van der Waals surface area contributed by atoms with Gasteiger partial charge in [-0.3, -0.25) is 9.59 Å². The number of aliphatic hydroxyl groups excluding tert-OH is 1. The first-order valence-corrected chi connectivity index (χ1v) is 6.76. The monoisotopic (exact) mass is 316 g/mol. The van der Waals surface area contributed by atoms with Crippen LogP contribution in [0.25, 0.3) is 0 Å². The number of amides is 3. The van der Waals surface area contributed by atoms with Crippen molar-refractivity contribution in [1.29, 1.82) is 0 Å². The SMILES string of the molecule is C[C@@H](O)[C@@H](NC(=O)OC(C)(C)C)C(=O)ON1C(=O)CCC1=O. The normalized spacial score (nSPS) is 18.0. The molecule has 0 bridgehead atoms. The number of nitrogens with one attached hydrogen (secondary N) is 1. The van der Waals surface area contributed by atoms with Crippen molar-refractivity contribution in [3.63, 3.8) is 0 Å². The third-order valence-electron chi connectivity index (χ3n) is 2.60. The summed E-state index contributed by atoms with van der Waals surface area (Å²) < 4.78 is 4.96. The summed E-state index contributed by atoms with van der Waals surface area (Å²) in [5, 5.41) is 12.1. The van der Waals surface area contributed by atoms with E-state index in [1.54, 1.807) is 20.8 Å². The molecule has 0 radical (unpaired) electrons. The number of nitrogens with zero attached hydrogens (tertiary/aromatic N) is 1. The van der Waals surface area contributed by atoms with Gasteiger partial charge in [0.1, 0.15) is 5.60 Å². The fraction of sp³-hybridized carbons (Fsp3) is 0.692. The molecule has 2 N–H and O–H groups in total. The molecular formula is C13H20N2O7. The summed E-state index contributed by atoms with van der Waals surface area (Å²) in [4.78, 5) is 51.0. The molecule has 1 rings (SSSR count). The van der Waals surface area contributed by atoms with Gasteiger partial charge < -0.3 is 20.0 Å². The molecular weight excluding hydrogens is 296 g/mol. The van der Waals surface area contributed by atoms with Crippen LogP contribution in [0.2, 0.25) is 0 Å². The Balaban J connectivity index is 2.70. The van der Waals surface area contributed by atoms with Crippen LogP contribution in [0.5, 0.6) is 0 Å². The average Bonchev–Trinajstić information content (AvgIpc) is 2.65. The lowest BCUT2D eigenvalue weighted by atomic mass is 10.2. The first kappa shape index (κ1) is 17.9. The van der Waals surface area contributed by atoms with Gasteiger partial charge in [0.05, 0.1) is 6.10 Å². The third kappa shape index (κ3) is 4.99. The van der Waals surface area contributed by atoms with Crippen LogP contribution < -0.4 is 5.32 Å². The molecule has 1 heterocycles. The van der Waals surface area contributed by atoms with Crippen LogP contribution in [0.4, 0.5) is 4.79 Å². The maximum atomic E-state index is 11.9. The van der Waals surface area contributed by atoms with Gasteiger partial charge >= 0.3 is 12.1 Å². The molecule has 0 unspecified atom stereocenters. The predicted octanol–water partition coefficient (Wildman–Crippen LogP) is -0.132. The molecule has 1 fully saturated rings. The van der Waals surface area contributed by atoms with Crippen LogP contribution in [-0.2, 0) is 24.0 Å². The molecule has 1 aliphatic heterocycles. The number of hydroxylamine groups is 2. The highest BCUT2D eigenvalue weighted by Crippen LogP contribution is 2.14. The fourth-order valence-corrected chi connectivity index (χ4v) is 1.62. The molecule has 1 aliphatic rings. The van der Waals surface area contributed by atoms with Crippen LogP contribution in [0.1, 0.15) is 40.5 Å². The Kier molecular flexibility index (Phi) is 5.48. The Morgan fingerprint density at radius 2 is 1.73 bits per heavy atom. The second kappa shape index (κ2) is 6.73. The Morgan fingerprint density at radius 3 is 2.14 bits per heavy atom. The Bertz CT molecular complexity index is 465. The van der Waals surface area contributed by atoms with Crippen molar-refractivity contribution in [2.75, 3.05) is 0 Å². The standard InChI is InChI=1S/C13H20N2O7/c1-7(16)10(14-12(20)21-13(2,3)4)11(19)22-15-8(17)5-6-9(15)18/h7,10,16H,5-6H2,1-4H3,(H,14,20)/t7-,10-/m1/s1. The van der Waals surface area contributed by atoms with Crippen LogP contribution in [0.15, 0.2) is 0 Å². The molecule has 0 aromatic carbocycles. The number of rotatable bonds is 4. The smallest absolute Gasteiger partial charge is 0.408 e. The number of aliphatic hydroxyl groups is 1. The van der Waals surface area contributed by atoms with Crippen molar-refractivity contribution in [3.8, 4) is 0 Å². The topological polar surface area (TPSA) is 122 Å². The van der Waals surface area contributed by atoms with Crippen molar-refractivity contribution in [3.05, 3.63) is 0 Å². The molecule has 0 aromatic rings. The summed E-state index contributed by atoms with van der Waals surface area (Å²) in [6, 6.07) is -1.48. The largest absolute Gasteiger partial charge is 0.444 e. The summed E-state index contributed by atoms with van der Waals surface area (Å²) >= 11 is 0. The van der Waals surface area contributed by atoms with E-state index in [1.807, 2.05) is 0 Å². The highest BCUT2D eigenvalue weighted by atomic mass is 16.7. The first-order valence-electron chi connectivity index (χ1n) is 6.76. The molecule has 0 saturated carbocycles. The maximum Gasteiger partial charge on any atom is 0.408 e. The van der Waals surface area contributed by atoms with E-state index in [4.69, 9.17) is 4.74 Å². The summed E-state index contributed by atoms with van der Waals surface area (Å²) in [6.45, 7) is 6.13. The van der Waals surface area contributed by atoms with E-state index >= 15 is 0 Å². The van der Waals surface area contributed by atoms with Gasteiger partial charge in [0.25, 0.3) is 11.8 Å². The van der Waals surface area contributed by atoms with Gasteiger partial charge in [-0.15, -0.1) is 5.06 Å². The number of imide groups is 1. The van der Waals surface area contributed by atoms with Gasteiger partial charge in [0.15, 0.2) is 6.04 Å². The Labute approximate surface area is 127 Å². The molecule has 0 aliphatic carbocycles. The number of hydrogen-bond donors (Lipinski definition) is 2. The second-order valence-corrected chi connectivity index (χ2v) is 5.86. The van der Waals surface area contributed by atoms with Crippen molar-refractivity contribution >= 4 is 23.9 Å². The van der Waals surface area contributed by atoms with Crippen molar-refractivity contribution in [2.45, 2.75) is 58.3 Å². The Hall–Kier alpha value is -2.16. The molecule has 9 nitrogen and oxygen atoms in total. The van der Waals surface area contributed by atoms with Crippen LogP contribution in [0, 0.1) is 0 Å². The molecule has 0 spiro atoms. The maximum absolute atomic E-state index is 11.9. The van der Waals surface area contributed by atoms with E-state index in [0.717, 1.165) is 0 Å². The minimum Gasteiger partial charge on any atom is -0.444 e. The lowest BCUT2D eigenvalue weighted by Crippen LogP contribution is -2.51. The lowest BCUT2D eigenvalue weighted by molar-refractivity contribution is -0.200. The van der Waals surface area contributed by atoms with Crippen LogP contribution >= 0.6 is 0 Å². The molecule has 1 saturated heterocycles. The van der Waals surface area contributed by atoms with Gasteiger partial charge in [0.2, 0.25) is 0 Å². The van der Waals surface area contributed by atoms with E-state index in [1.165, 1.54) is 6.92 Å². The van der Waals surface area contributed by atoms with E-state index in [2.05, 4.69) is 10.2 Å². The molecule has 22 heavy (non-hydrogen) atoms. The highest BCUT2D eigenvalue weighted by Gasteiger charge is 2.37. The van der Waals surface area contributed by atoms with E-state index < -0.39 is 41.6 Å². The van der Waals surface area contributed by atoms with Gasteiger partial charge in [-0.25, -0.2) is 9.59 Å². The summed E-state index contributed by atoms with van der Waals surface area (Å²) in [7, 11) is 0. The molecule has 3 amide bonds. The molecule has 2 atom stereocenters. The molecule has 9 heteroatoms. The highest BCUT2D eigenvalue weighted by molar-refractivity contribution is 6.01. The Morgan fingerprint density at radius 1 is 1.23 bits per heavy atom. The zero-order valence-corrected chi connectivity index (χ0v) is 12.9. The molecule has 0 aromatic heterocycles. The van der Waals surface area contributed by atoms with Crippen LogP contribution in [-0.4, -0.2) is 51.8 Å². The average molecular weight is 316 g/mol. The number of ether oxygens (including phenoxy) is 1. The zero-order chi connectivity index (χ0) is 17.1. The summed E-state index contributed by atoms with van der Waals surface area (Å²) in [5.41, 5.74) is -0.794. The number of carbonyl (C=O) groups is 4. The lowest BCUT2D eigenvalue weighted by Gasteiger charge is -2.24. The van der Waals surface area contributed by atoms with Gasteiger partial charge in [-0.05, 0) is 27.7 Å². The van der Waals surface area contributed by atoms with Crippen molar-refractivity contribution in [2.24, 2.45) is 0 Å². The number of alkyl carbamates (subject to hydrolysis) is 1. The van der Waals surface area contributed by atoms with Crippen molar-refractivity contribution < 1.29 is 33.9 Å². The minimum atomic E-state index is -1.48. The van der Waals surface area contributed by atoms with Gasteiger partial charge in [-0.2, -0.15) is 0 Å². The number of carbonyl (C=O) groups excluding carboxylic acids is 4. The first-order chi connectivity index (χ1) is 10.0. The van der Waals surface area contributed by atoms with Gasteiger partial charge in [0, 0.05) is 12.8 Å². The van der Waals surface area contributed by atoms with Crippen LogP contribution in [0.3, 0.4) is 0 Å². The minimum absolute atomic E-state index is 0.0506. The van der Waals surface area contributed by atoms with E-state index in [0.29, 0.717) is 5.06 Å². The molecule has 124 valence electrons. The van der Waals surface area contributed by atoms with Gasteiger partial charge in [-0.1, -0.05) is 0 Å². The van der Waals surface area contributed by atoms with E-state index in [9.17, 15) is 24.3 Å². The third-order valence-corrected chi connectivity index (χ3v) is 2.60. The fourth-order valence-electron chi connectivity index (χ4n) is 1.62. The summed E-state index contributed by atoms with van der Waals surface area (Å²) in [5.74, 6) is -2.44. The number of hydrogen-bond acceptors (Lipinski definition) is 7. The predicted molar refractivity (Wildman–Crippen MR) is 72.0 cm³/mol. The zero-order valence-electron chi connectivity index (χ0n) is 12.9. The van der Waals surface area contributed by atoms with Crippen molar-refractivity contribution in [1.82, 2.24) is 10.4 Å². The summed E-state index contributed by atoms with van der Waals surface area (Å²) in [6.07, 6.45) is -2.35. The van der Waals surface area contributed by atoms with E-state index in [-0.39, 0.29) is 12.8 Å².